The molecule has 544 valence electrons. The second-order valence-corrected chi connectivity index (χ2v) is 36.8. The second kappa shape index (κ2) is 40.7. The molecule has 0 aromatic carbocycles. The Kier molecular flexibility index (Phi) is 37.6. The number of nitrogens with two attached hydrogens (primary N) is 1. The predicted molar refractivity (Wildman–Crippen MR) is 372 cm³/mol. The number of hydroxylamine groups is 2. The van der Waals surface area contributed by atoms with Crippen LogP contribution >= 0.6 is 0 Å². The monoisotopic (exact) mass is 1570 g/mol. The Morgan fingerprint density at radius 3 is 1.29 bits per heavy atom. The zero-order chi connectivity index (χ0) is 68.3. The average molecular weight is 1570 g/mol. The first-order chi connectivity index (χ1) is 43.3. The Bertz CT molecular complexity index is 3270. The number of unbranched alkanes of at least 4 members (excludes halogenated alkanes) is 7. The Labute approximate surface area is 600 Å². The van der Waals surface area contributed by atoms with Gasteiger partial charge in [0.05, 0.1) is 16.1 Å². The van der Waals surface area contributed by atoms with Crippen LogP contribution in [0.1, 0.15) is 203 Å². The Morgan fingerprint density at radius 1 is 0.583 bits per heavy atom. The molecule has 7 aliphatic rings. The van der Waals surface area contributed by atoms with Crippen molar-refractivity contribution in [1.82, 2.24) is 14.0 Å². The molecule has 0 saturated carbocycles. The fourth-order valence-electron chi connectivity index (χ4n) is 14.5. The van der Waals surface area contributed by atoms with E-state index in [-0.39, 0.29) is 78.9 Å². The van der Waals surface area contributed by atoms with Crippen LogP contribution in [0.25, 0.3) is 11.1 Å². The van der Waals surface area contributed by atoms with Crippen molar-refractivity contribution in [2.75, 3.05) is 6.54 Å². The number of aromatic nitrogens is 2. The molecule has 1 saturated heterocycles. The molecule has 9 heterocycles. The smallest absolute Gasteiger partial charge is 0.394 e. The van der Waals surface area contributed by atoms with Crippen LogP contribution in [-0.2, 0) is 68.8 Å². The van der Waals surface area contributed by atoms with E-state index in [0.29, 0.717) is 46.6 Å². The molecule has 2 amide bonds. The van der Waals surface area contributed by atoms with Gasteiger partial charge in [0, 0.05) is 91.8 Å². The Balaban J connectivity index is 0.000000694. The third-order valence-electron chi connectivity index (χ3n) is 18.9. The molecule has 0 aliphatic carbocycles. The van der Waals surface area contributed by atoms with Crippen LogP contribution in [0, 0.1) is 62.8 Å². The molecule has 0 radical (unpaired) electrons. The third kappa shape index (κ3) is 24.0. The minimum atomic E-state index is -3.88. The van der Waals surface area contributed by atoms with Gasteiger partial charge in [-0.25, -0.2) is 4.79 Å². The first kappa shape index (κ1) is 88.8. The van der Waals surface area contributed by atoms with E-state index in [1.165, 1.54) is 61.0 Å². The minimum Gasteiger partial charge on any atom is -0.394 e. The number of rotatable bonds is 23. The third-order valence-corrected chi connectivity index (χ3v) is 28.0. The fraction of sp³-hybridized carbons (Fsp3) is 0.582. The maximum atomic E-state index is 15.7. The minimum absolute atomic E-state index is 0. The van der Waals surface area contributed by atoms with E-state index < -0.39 is 58.0 Å². The number of carbonyl (C=O) groups is 4. The molecule has 4 N–H and O–H groups in total. The summed E-state index contributed by atoms with van der Waals surface area (Å²) in [5.41, 5.74) is 16.9. The maximum absolute atomic E-state index is 15.7. The van der Waals surface area contributed by atoms with E-state index in [0.717, 1.165) is 165 Å². The number of allylic oxidation sites excluding steroid dienone is 10. The number of fused-ring (bicyclic) bond motifs is 4. The number of hydrogen-bond acceptors (Lipinski definition) is 10. The van der Waals surface area contributed by atoms with Gasteiger partial charge >= 0.3 is 64.7 Å². The number of amides is 2. The maximum Gasteiger partial charge on any atom is 1.00 e. The van der Waals surface area contributed by atoms with Gasteiger partial charge in [-0.1, -0.05) is 106 Å². The molecule has 0 bridgehead atoms. The van der Waals surface area contributed by atoms with Crippen molar-refractivity contribution in [2.24, 2.45) is 5.73 Å². The summed E-state index contributed by atoms with van der Waals surface area (Å²) in [6.45, 7) is 12.9. The SMILES string of the molecule is CC1=CC(C)=[N+]2C1=C(CCCCCCCC(=O)CCC[Si]1(C)CCC=CCC1)c1c(C)cc(C)n1[B-]2(F)F.CC1=CC(C)=[N+]2C1=C(CCCCCCN)c1c(C)cc(C)n1[B-]2(F)F.C[Si]1(CCCC(=O)ON2C(=O)CCC2=O)CCC=CCC1.O=[N+]([O-])O.O=[N+]([O-])O.[Ag+].[Ag+].[CH3-].[CH3-]. The molecule has 0 spiro atoms. The molecule has 0 atom stereocenters. The number of aryl methyl sites for hydroxylation is 4. The van der Waals surface area contributed by atoms with Crippen LogP contribution in [0.4, 0.5) is 17.3 Å². The van der Waals surface area contributed by atoms with Crippen molar-refractivity contribution in [2.45, 2.75) is 246 Å². The predicted octanol–water partition coefficient (Wildman–Crippen LogP) is 16.4. The van der Waals surface area contributed by atoms with Crippen LogP contribution in [0.3, 0.4) is 0 Å². The molecular weight excluding hydrogens is 1460 g/mol. The standard InChI is InChI=1S/C31H47BF2N2OSi.C19H28BF2N3.C15H23NO4Si.2CH3.2Ag.2HNO3/c1-24-22-26(3)35-30(24)29(31-25(2)23-27(4)36(31)32(35,33)34)18-12-8-6-7-11-16-28(37)17-15-21-38(5)19-13-9-10-14-20-38;1-13-11-15(3)24-18(13)17(9-7-5-6-8-10-23)19-14(2)12-16(4)25(19)20(24,21)22;1-21(10-4-2-3-5-11-21)12-6-7-15(19)20-16-13(17)8-9-14(16)18;;;;;2*2-1(3)4/h9-10,22-23H,6-8,11-21H2,1-5H3;11-12H,5-10,23H2,1-4H3;2-3H,4-12H2,1H3;2*1H3;;;2*(H,2,3,4)/q;;;2*-1;2*+1;;. The molecule has 9 rings (SSSR count). The van der Waals surface area contributed by atoms with Crippen LogP contribution in [0.15, 0.2) is 71.1 Å². The van der Waals surface area contributed by atoms with Crippen molar-refractivity contribution >= 4 is 76.2 Å². The van der Waals surface area contributed by atoms with Gasteiger partial charge in [0.25, 0.3) is 22.0 Å². The van der Waals surface area contributed by atoms with Crippen LogP contribution in [0.2, 0.25) is 49.4 Å². The number of nitrogens with zero attached hydrogens (tertiary/aromatic N) is 7. The largest absolute Gasteiger partial charge is 1.00 e. The van der Waals surface area contributed by atoms with Crippen LogP contribution in [0.5, 0.6) is 0 Å². The molecule has 2 aromatic rings. The summed E-state index contributed by atoms with van der Waals surface area (Å²) in [6.07, 6.45) is 32.7. The number of hydrogen-bond donors (Lipinski definition) is 3. The van der Waals surface area contributed by atoms with Gasteiger partial charge in [0.2, 0.25) is 0 Å². The molecule has 2 aromatic heterocycles. The van der Waals surface area contributed by atoms with Crippen molar-refractivity contribution < 1.29 is 116 Å². The summed E-state index contributed by atoms with van der Waals surface area (Å²) in [5, 5.41) is 27.9. The number of halogens is 4. The van der Waals surface area contributed by atoms with Crippen molar-refractivity contribution in [3.8, 4) is 0 Å². The van der Waals surface area contributed by atoms with Gasteiger partial charge in [-0.15, -0.1) is 25.3 Å². The van der Waals surface area contributed by atoms with E-state index in [1.54, 1.807) is 27.7 Å². The topological polar surface area (TPSA) is 249 Å². The molecule has 29 heteroatoms. The van der Waals surface area contributed by atoms with Gasteiger partial charge < -0.3 is 71.0 Å². The number of carbonyl (C=O) groups excluding carboxylic acids is 4. The number of Topliss-reactive ketones (excluding diaryl/α,β-unsaturated/α-hetero) is 1. The quantitative estimate of drug-likeness (QED) is 0.0137. The van der Waals surface area contributed by atoms with Gasteiger partial charge in [-0.3, -0.25) is 14.4 Å². The Hall–Kier alpha value is -5.26. The number of imide groups is 1. The molecular formula is C67H106Ag2B2F4N8O11Si2. The summed E-state index contributed by atoms with van der Waals surface area (Å²) in [5.74, 6) is -0.856. The van der Waals surface area contributed by atoms with Gasteiger partial charge in [0.1, 0.15) is 17.2 Å². The van der Waals surface area contributed by atoms with E-state index >= 15 is 17.3 Å². The average Bonchev–Trinajstić information content (AvgIpc) is 1.53. The van der Waals surface area contributed by atoms with Crippen molar-refractivity contribution in [3.63, 3.8) is 0 Å². The van der Waals surface area contributed by atoms with Gasteiger partial charge in [-0.05, 0) is 160 Å². The summed E-state index contributed by atoms with van der Waals surface area (Å²) >= 11 is 0. The zero-order valence-corrected chi connectivity index (χ0v) is 63.6. The zero-order valence-electron chi connectivity index (χ0n) is 58.7. The van der Waals surface area contributed by atoms with Crippen molar-refractivity contribution in [3.05, 3.63) is 140 Å². The second-order valence-electron chi connectivity index (χ2n) is 26.6. The molecule has 19 nitrogen and oxygen atoms in total. The summed E-state index contributed by atoms with van der Waals surface area (Å²) in [4.78, 5) is 68.5. The first-order valence-corrected chi connectivity index (χ1v) is 39.3. The molecule has 7 aliphatic heterocycles. The van der Waals surface area contributed by atoms with E-state index in [2.05, 4.69) is 37.4 Å². The van der Waals surface area contributed by atoms with E-state index in [9.17, 15) is 19.2 Å². The Morgan fingerprint density at radius 2 is 0.917 bits per heavy atom. The first-order valence-electron chi connectivity index (χ1n) is 33.1. The van der Waals surface area contributed by atoms with Crippen LogP contribution in [-0.4, -0.2) is 115 Å². The molecule has 1 fully saturated rings. The van der Waals surface area contributed by atoms with Crippen LogP contribution < -0.4 is 5.73 Å². The van der Waals surface area contributed by atoms with Crippen molar-refractivity contribution in [1.29, 1.82) is 0 Å². The number of ketones is 1. The van der Waals surface area contributed by atoms with E-state index in [1.807, 2.05) is 52.0 Å². The molecule has 0 unspecified atom stereocenters. The fourth-order valence-corrected chi connectivity index (χ4v) is 21.6. The molecule has 96 heavy (non-hydrogen) atoms. The van der Waals surface area contributed by atoms with Gasteiger partial charge in [0.15, 0.2) is 11.4 Å². The van der Waals surface area contributed by atoms with E-state index in [4.69, 9.17) is 41.2 Å². The summed E-state index contributed by atoms with van der Waals surface area (Å²) in [6, 6.07) is 11.5. The normalized spacial score (nSPS) is 17.9. The van der Waals surface area contributed by atoms with Gasteiger partial charge in [-0.2, -0.15) is 0 Å². The summed E-state index contributed by atoms with van der Waals surface area (Å²) < 4.78 is 67.2. The summed E-state index contributed by atoms with van der Waals surface area (Å²) in [7, 11) is -2.38.